The summed E-state index contributed by atoms with van der Waals surface area (Å²) in [4.78, 5) is 13.2. The maximum absolute atomic E-state index is 13.7. The zero-order valence-corrected chi connectivity index (χ0v) is 20.0. The zero-order chi connectivity index (χ0) is 25.3. The van der Waals surface area contributed by atoms with Crippen LogP contribution in [0.5, 0.6) is 0 Å². The first-order valence-corrected chi connectivity index (χ1v) is 13.3. The van der Waals surface area contributed by atoms with Gasteiger partial charge in [0.25, 0.3) is 5.91 Å². The van der Waals surface area contributed by atoms with Crippen molar-refractivity contribution in [3.8, 4) is 11.1 Å². The number of rotatable bonds is 8. The Kier molecular flexibility index (Phi) is 7.26. The van der Waals surface area contributed by atoms with Gasteiger partial charge >= 0.3 is 6.18 Å². The molecule has 1 heterocycles. The second-order valence-electron chi connectivity index (χ2n) is 9.32. The quantitative estimate of drug-likeness (QED) is 0.403. The molecule has 2 aliphatic rings. The van der Waals surface area contributed by atoms with Crippen LogP contribution in [0, 0.1) is 0 Å². The van der Waals surface area contributed by atoms with E-state index in [1.54, 1.807) is 36.4 Å². The SMILES string of the molecule is O=C(N(O)C1CC1)C1(S(=O)(=O)c2ccc(-c3ccc(CCCC(F)(F)F)cc3)cc2)CCNCC1. The van der Waals surface area contributed by atoms with Gasteiger partial charge in [-0.25, -0.2) is 13.5 Å². The van der Waals surface area contributed by atoms with Crippen molar-refractivity contribution in [1.82, 2.24) is 10.4 Å². The molecule has 2 aromatic carbocycles. The van der Waals surface area contributed by atoms with Crippen LogP contribution in [0.1, 0.15) is 44.1 Å². The molecule has 0 unspecified atom stereocenters. The summed E-state index contributed by atoms with van der Waals surface area (Å²) in [6.45, 7) is 0.716. The Morgan fingerprint density at radius 2 is 1.54 bits per heavy atom. The van der Waals surface area contributed by atoms with Gasteiger partial charge < -0.3 is 5.32 Å². The van der Waals surface area contributed by atoms with Crippen LogP contribution in [0.25, 0.3) is 11.1 Å². The van der Waals surface area contributed by atoms with Crippen molar-refractivity contribution in [1.29, 1.82) is 0 Å². The summed E-state index contributed by atoms with van der Waals surface area (Å²) in [7, 11) is -4.08. The molecule has 2 N–H and O–H groups in total. The fraction of sp³-hybridized carbons (Fsp3) is 0.480. The van der Waals surface area contributed by atoms with Gasteiger partial charge in [-0.15, -0.1) is 0 Å². The Morgan fingerprint density at radius 1 is 1.00 bits per heavy atom. The number of hydrogen-bond donors (Lipinski definition) is 2. The zero-order valence-electron chi connectivity index (χ0n) is 19.2. The smallest absolute Gasteiger partial charge is 0.317 e. The van der Waals surface area contributed by atoms with Gasteiger partial charge in [0, 0.05) is 6.42 Å². The van der Waals surface area contributed by atoms with E-state index in [4.69, 9.17) is 0 Å². The van der Waals surface area contributed by atoms with Crippen LogP contribution < -0.4 is 5.32 Å². The maximum Gasteiger partial charge on any atom is 0.389 e. The lowest BCUT2D eigenvalue weighted by molar-refractivity contribution is -0.171. The Labute approximate surface area is 203 Å². The van der Waals surface area contributed by atoms with Crippen LogP contribution in [-0.2, 0) is 21.1 Å². The van der Waals surface area contributed by atoms with E-state index in [1.807, 2.05) is 0 Å². The third-order valence-electron chi connectivity index (χ3n) is 6.79. The molecular weight excluding hydrogens is 481 g/mol. The van der Waals surface area contributed by atoms with Crippen molar-refractivity contribution in [2.45, 2.75) is 66.8 Å². The van der Waals surface area contributed by atoms with Crippen LogP contribution in [0.3, 0.4) is 0 Å². The van der Waals surface area contributed by atoms with E-state index in [0.717, 1.165) is 16.7 Å². The molecule has 0 spiro atoms. The molecule has 6 nitrogen and oxygen atoms in total. The minimum Gasteiger partial charge on any atom is -0.317 e. The van der Waals surface area contributed by atoms with Gasteiger partial charge in [0.2, 0.25) is 0 Å². The van der Waals surface area contributed by atoms with Crippen molar-refractivity contribution in [3.63, 3.8) is 0 Å². The predicted octanol–water partition coefficient (Wildman–Crippen LogP) is 4.51. The van der Waals surface area contributed by atoms with Crippen LogP contribution in [0.4, 0.5) is 13.2 Å². The van der Waals surface area contributed by atoms with Crippen LogP contribution >= 0.6 is 0 Å². The van der Waals surface area contributed by atoms with Crippen molar-refractivity contribution in [2.75, 3.05) is 13.1 Å². The molecular formula is C25H29F3N2O4S. The van der Waals surface area contributed by atoms with E-state index in [2.05, 4.69) is 5.32 Å². The molecule has 1 amide bonds. The highest BCUT2D eigenvalue weighted by Gasteiger charge is 2.55. The van der Waals surface area contributed by atoms with Gasteiger partial charge in [0.15, 0.2) is 14.6 Å². The minimum atomic E-state index is -4.16. The fourth-order valence-corrected chi connectivity index (χ4v) is 6.54. The summed E-state index contributed by atoms with van der Waals surface area (Å²) in [5.74, 6) is -0.758. The lowest BCUT2D eigenvalue weighted by Gasteiger charge is -2.37. The first-order valence-electron chi connectivity index (χ1n) is 11.8. The van der Waals surface area contributed by atoms with E-state index in [-0.39, 0.29) is 30.2 Å². The molecule has 0 aromatic heterocycles. The second kappa shape index (κ2) is 9.91. The van der Waals surface area contributed by atoms with E-state index in [1.165, 1.54) is 12.1 Å². The number of amides is 1. The monoisotopic (exact) mass is 510 g/mol. The first-order chi connectivity index (χ1) is 16.5. The number of alkyl halides is 3. The van der Waals surface area contributed by atoms with E-state index >= 15 is 0 Å². The van der Waals surface area contributed by atoms with E-state index < -0.39 is 33.1 Å². The Morgan fingerprint density at radius 3 is 2.06 bits per heavy atom. The van der Waals surface area contributed by atoms with Gasteiger partial charge in [0.1, 0.15) is 0 Å². The fourth-order valence-electron chi connectivity index (χ4n) is 4.53. The summed E-state index contributed by atoms with van der Waals surface area (Å²) >= 11 is 0. The van der Waals surface area contributed by atoms with Gasteiger partial charge in [-0.2, -0.15) is 13.2 Å². The predicted molar refractivity (Wildman–Crippen MR) is 125 cm³/mol. The number of benzene rings is 2. The summed E-state index contributed by atoms with van der Waals surface area (Å²) in [5, 5.41) is 14.0. The second-order valence-corrected chi connectivity index (χ2v) is 11.6. The van der Waals surface area contributed by atoms with Gasteiger partial charge in [0.05, 0.1) is 10.9 Å². The van der Waals surface area contributed by atoms with E-state index in [0.29, 0.717) is 37.4 Å². The molecule has 0 atom stereocenters. The van der Waals surface area contributed by atoms with Crippen LogP contribution in [0.2, 0.25) is 0 Å². The minimum absolute atomic E-state index is 0.0180. The molecule has 1 saturated carbocycles. The third-order valence-corrected chi connectivity index (χ3v) is 9.30. The Bertz CT molecular complexity index is 1140. The van der Waals surface area contributed by atoms with Gasteiger partial charge in [-0.3, -0.25) is 10.0 Å². The molecule has 10 heteroatoms. The summed E-state index contributed by atoms with van der Waals surface area (Å²) < 4.78 is 62.7. The largest absolute Gasteiger partial charge is 0.389 e. The van der Waals surface area contributed by atoms with Crippen molar-refractivity contribution in [3.05, 3.63) is 54.1 Å². The number of hydrogen-bond acceptors (Lipinski definition) is 5. The Hall–Kier alpha value is -2.43. The molecule has 2 aromatic rings. The lowest BCUT2D eigenvalue weighted by Crippen LogP contribution is -2.58. The van der Waals surface area contributed by atoms with Crippen molar-refractivity contribution in [2.24, 2.45) is 0 Å². The van der Waals surface area contributed by atoms with Crippen LogP contribution in [0.15, 0.2) is 53.4 Å². The summed E-state index contributed by atoms with van der Waals surface area (Å²) in [5.41, 5.74) is 2.35. The maximum atomic E-state index is 13.7. The van der Waals surface area contributed by atoms with Crippen molar-refractivity contribution < 1.29 is 31.6 Å². The van der Waals surface area contributed by atoms with Gasteiger partial charge in [-0.05, 0) is 80.4 Å². The molecule has 4 rings (SSSR count). The average Bonchev–Trinajstić information content (AvgIpc) is 3.69. The van der Waals surface area contributed by atoms with Gasteiger partial charge in [-0.1, -0.05) is 36.4 Å². The average molecular weight is 511 g/mol. The molecule has 1 aliphatic heterocycles. The van der Waals surface area contributed by atoms with Crippen molar-refractivity contribution >= 4 is 15.7 Å². The molecule has 1 saturated heterocycles. The number of nitrogens with one attached hydrogen (secondary N) is 1. The first kappa shape index (κ1) is 25.7. The number of aryl methyl sites for hydroxylation is 1. The van der Waals surface area contributed by atoms with E-state index in [9.17, 15) is 31.6 Å². The Balaban J connectivity index is 1.52. The molecule has 0 bridgehead atoms. The molecule has 2 fully saturated rings. The number of carbonyl (C=O) groups excluding carboxylic acids is 1. The number of sulfone groups is 1. The number of hydroxylamine groups is 2. The number of halogens is 3. The highest BCUT2D eigenvalue weighted by molar-refractivity contribution is 7.93. The summed E-state index contributed by atoms with van der Waals surface area (Å²) in [6.07, 6.45) is -3.15. The number of carbonyl (C=O) groups is 1. The molecule has 0 radical (unpaired) electrons. The highest BCUT2D eigenvalue weighted by Crippen LogP contribution is 2.38. The normalized spacial score (nSPS) is 18.3. The van der Waals surface area contributed by atoms with Crippen LogP contribution in [-0.4, -0.2) is 54.7 Å². The third kappa shape index (κ3) is 5.54. The molecule has 35 heavy (non-hydrogen) atoms. The topological polar surface area (TPSA) is 86.7 Å². The number of nitrogens with zero attached hydrogens (tertiary/aromatic N) is 1. The standard InChI is InChI=1S/C25H29F3N2O4S/c26-25(27,28)13-1-2-18-3-5-19(6-4-18)20-7-11-22(12-8-20)35(33,34)24(14-16-29-17-15-24)23(31)30(32)21-9-10-21/h3-8,11-12,21,29,32H,1-2,9-10,13-17H2. The molecule has 190 valence electrons. The highest BCUT2D eigenvalue weighted by atomic mass is 32.2. The lowest BCUT2D eigenvalue weighted by atomic mass is 9.95. The number of piperidine rings is 1. The molecule has 1 aliphatic carbocycles. The summed E-state index contributed by atoms with van der Waals surface area (Å²) in [6, 6.07) is 13.1.